The van der Waals surface area contributed by atoms with Crippen LogP contribution in [0.1, 0.15) is 11.9 Å². The second kappa shape index (κ2) is 10.2. The Morgan fingerprint density at radius 3 is 2.81 bits per heavy atom. The topological polar surface area (TPSA) is 169 Å². The molecule has 1 fully saturated rings. The molecule has 192 valence electrons. The van der Waals surface area contributed by atoms with Gasteiger partial charge in [0.25, 0.3) is 5.91 Å². The molecule has 1 amide bonds. The number of carbonyl (C=O) groups is 1. The van der Waals surface area contributed by atoms with Gasteiger partial charge >= 0.3 is 0 Å². The molecule has 4 N–H and O–H groups in total. The van der Waals surface area contributed by atoms with Gasteiger partial charge in [0.15, 0.2) is 35.1 Å². The molecular formula is C23H23ClN8O5. The van der Waals surface area contributed by atoms with Crippen LogP contribution in [0.2, 0.25) is 5.15 Å². The van der Waals surface area contributed by atoms with Crippen molar-refractivity contribution in [3.05, 3.63) is 53.8 Å². The maximum Gasteiger partial charge on any atom is 0.251 e. The number of aliphatic hydroxyl groups excluding tert-OH is 2. The smallest absolute Gasteiger partial charge is 0.251 e. The van der Waals surface area contributed by atoms with Gasteiger partial charge in [-0.15, -0.1) is 0 Å². The first-order valence-corrected chi connectivity index (χ1v) is 11.6. The first kappa shape index (κ1) is 24.8. The molecule has 13 nitrogen and oxygen atoms in total. The molecule has 5 rings (SSSR count). The second-order valence-electron chi connectivity index (χ2n) is 8.18. The van der Waals surface area contributed by atoms with Gasteiger partial charge in [-0.05, 0) is 18.2 Å². The zero-order chi connectivity index (χ0) is 26.1. The Kier molecular flexibility index (Phi) is 6.84. The zero-order valence-corrected chi connectivity index (χ0v) is 20.5. The van der Waals surface area contributed by atoms with Crippen LogP contribution in [0.3, 0.4) is 0 Å². The molecule has 4 atom stereocenters. The molecule has 1 saturated heterocycles. The van der Waals surface area contributed by atoms with Crippen LogP contribution in [0.4, 0.5) is 5.82 Å². The number of likely N-dealkylation sites (N-methyl/N-ethyl adjacent to an activating group) is 1. The van der Waals surface area contributed by atoms with E-state index in [1.165, 1.54) is 25.1 Å². The Balaban J connectivity index is 1.59. The molecule has 0 saturated carbocycles. The molecule has 0 unspecified atom stereocenters. The van der Waals surface area contributed by atoms with E-state index in [0.29, 0.717) is 39.1 Å². The lowest BCUT2D eigenvalue weighted by Gasteiger charge is -2.17. The Morgan fingerprint density at radius 2 is 2.05 bits per heavy atom. The van der Waals surface area contributed by atoms with Crippen molar-refractivity contribution in [1.82, 2.24) is 34.8 Å². The number of hydrogen-bond acceptors (Lipinski definition) is 11. The van der Waals surface area contributed by atoms with E-state index in [1.54, 1.807) is 30.6 Å². The molecule has 0 aliphatic carbocycles. The highest BCUT2D eigenvalue weighted by molar-refractivity contribution is 6.29. The van der Waals surface area contributed by atoms with E-state index in [-0.39, 0.29) is 12.4 Å². The second-order valence-corrected chi connectivity index (χ2v) is 8.57. The van der Waals surface area contributed by atoms with Crippen molar-refractivity contribution in [3.8, 4) is 17.1 Å². The van der Waals surface area contributed by atoms with Crippen LogP contribution in [0.5, 0.6) is 5.75 Å². The standard InChI is InChI=1S/C23H23ClN8O5/c1-25-22(35)18-16(33)17(34)23(37-18)32-10-28-15-20(27-8-12-4-3-5-14(24)29-12)30-19(31-21(15)32)11-6-13(36-2)9-26-7-11/h3-7,9-10,16-18,23,33-34H,8H2,1-2H3,(H,25,35)(H,27,30,31)/t16-,17+,18-,23+/m0/s1. The molecule has 1 aliphatic heterocycles. The summed E-state index contributed by atoms with van der Waals surface area (Å²) in [6.07, 6.45) is -0.712. The molecule has 37 heavy (non-hydrogen) atoms. The molecular weight excluding hydrogens is 504 g/mol. The zero-order valence-electron chi connectivity index (χ0n) is 19.7. The van der Waals surface area contributed by atoms with Crippen molar-refractivity contribution >= 4 is 34.5 Å². The number of methoxy groups -OCH3 is 1. The number of imidazole rings is 1. The van der Waals surface area contributed by atoms with Crippen molar-refractivity contribution in [2.75, 3.05) is 19.5 Å². The van der Waals surface area contributed by atoms with Gasteiger partial charge in [0.2, 0.25) is 0 Å². The number of anilines is 1. The fraction of sp³-hybridized carbons (Fsp3) is 0.304. The van der Waals surface area contributed by atoms with Gasteiger partial charge in [0.05, 0.1) is 31.9 Å². The van der Waals surface area contributed by atoms with Gasteiger partial charge in [-0.3, -0.25) is 14.3 Å². The van der Waals surface area contributed by atoms with Crippen LogP contribution in [-0.2, 0) is 16.1 Å². The summed E-state index contributed by atoms with van der Waals surface area (Å²) in [6, 6.07) is 7.00. The van der Waals surface area contributed by atoms with Crippen LogP contribution in [0.15, 0.2) is 43.0 Å². The third-order valence-corrected chi connectivity index (χ3v) is 6.07. The Labute approximate surface area is 215 Å². The van der Waals surface area contributed by atoms with Crippen LogP contribution in [-0.4, -0.2) is 78.1 Å². The highest BCUT2D eigenvalue weighted by Crippen LogP contribution is 2.34. The predicted octanol–water partition coefficient (Wildman–Crippen LogP) is 0.923. The van der Waals surface area contributed by atoms with Crippen LogP contribution < -0.4 is 15.4 Å². The summed E-state index contributed by atoms with van der Waals surface area (Å²) < 4.78 is 12.5. The molecule has 5 heterocycles. The molecule has 0 bridgehead atoms. The first-order chi connectivity index (χ1) is 17.9. The number of hydrogen-bond donors (Lipinski definition) is 4. The highest BCUT2D eigenvalue weighted by atomic mass is 35.5. The lowest BCUT2D eigenvalue weighted by Crippen LogP contribution is -2.41. The Hall–Kier alpha value is -3.91. The summed E-state index contributed by atoms with van der Waals surface area (Å²) in [5.74, 6) is 0.614. The van der Waals surface area contributed by atoms with Crippen LogP contribution in [0.25, 0.3) is 22.6 Å². The summed E-state index contributed by atoms with van der Waals surface area (Å²) >= 11 is 6.02. The largest absolute Gasteiger partial charge is 0.495 e. The minimum Gasteiger partial charge on any atom is -0.495 e. The van der Waals surface area contributed by atoms with Gasteiger partial charge in [0, 0.05) is 18.8 Å². The SMILES string of the molecule is CNC(=O)[C@H]1O[C@@H](n2cnc3c(NCc4cccc(Cl)n4)nc(-c4cncc(OC)c4)nc32)[C@H](O)[C@@H]1O. The van der Waals surface area contributed by atoms with Crippen molar-refractivity contribution in [1.29, 1.82) is 0 Å². The molecule has 14 heteroatoms. The summed E-state index contributed by atoms with van der Waals surface area (Å²) in [5.41, 5.74) is 1.90. The molecule has 4 aromatic heterocycles. The number of halogens is 1. The number of pyridine rings is 2. The average Bonchev–Trinajstić information content (AvgIpc) is 3.47. The van der Waals surface area contributed by atoms with E-state index in [0.717, 1.165) is 0 Å². The maximum absolute atomic E-state index is 12.1. The third-order valence-electron chi connectivity index (χ3n) is 5.86. The third kappa shape index (κ3) is 4.76. The van der Waals surface area contributed by atoms with Gasteiger partial charge in [-0.1, -0.05) is 17.7 Å². The van der Waals surface area contributed by atoms with Gasteiger partial charge in [-0.2, -0.15) is 0 Å². The quantitative estimate of drug-likeness (QED) is 0.252. The first-order valence-electron chi connectivity index (χ1n) is 11.2. The van der Waals surface area contributed by atoms with Gasteiger partial charge < -0.3 is 30.3 Å². The minimum atomic E-state index is -1.45. The van der Waals surface area contributed by atoms with Crippen LogP contribution >= 0.6 is 11.6 Å². The van der Waals surface area contributed by atoms with Crippen molar-refractivity contribution < 1.29 is 24.5 Å². The molecule has 0 radical (unpaired) electrons. The van der Waals surface area contributed by atoms with E-state index in [4.69, 9.17) is 21.1 Å². The number of rotatable bonds is 7. The summed E-state index contributed by atoms with van der Waals surface area (Å²) in [7, 11) is 2.94. The number of nitrogens with one attached hydrogen (secondary N) is 2. The number of ether oxygens (including phenoxy) is 2. The number of carbonyl (C=O) groups excluding carboxylic acids is 1. The molecule has 1 aliphatic rings. The van der Waals surface area contributed by atoms with E-state index < -0.39 is 30.4 Å². The Bertz CT molecular complexity index is 1450. The van der Waals surface area contributed by atoms with Gasteiger partial charge in [0.1, 0.15) is 23.1 Å². The number of nitrogens with zero attached hydrogens (tertiary/aromatic N) is 6. The van der Waals surface area contributed by atoms with Crippen molar-refractivity contribution in [3.63, 3.8) is 0 Å². The number of aromatic nitrogens is 6. The lowest BCUT2D eigenvalue weighted by molar-refractivity contribution is -0.137. The van der Waals surface area contributed by atoms with Crippen LogP contribution in [0, 0.1) is 0 Å². The number of fused-ring (bicyclic) bond motifs is 1. The van der Waals surface area contributed by atoms with E-state index in [9.17, 15) is 15.0 Å². The lowest BCUT2D eigenvalue weighted by atomic mass is 10.1. The van der Waals surface area contributed by atoms with E-state index in [2.05, 4.69) is 35.6 Å². The summed E-state index contributed by atoms with van der Waals surface area (Å²) in [5, 5.41) is 27.1. The van der Waals surface area contributed by atoms with E-state index >= 15 is 0 Å². The van der Waals surface area contributed by atoms with E-state index in [1.807, 2.05) is 6.07 Å². The number of aliphatic hydroxyl groups is 2. The maximum atomic E-state index is 12.1. The van der Waals surface area contributed by atoms with Gasteiger partial charge in [-0.25, -0.2) is 19.9 Å². The fourth-order valence-electron chi connectivity index (χ4n) is 3.98. The van der Waals surface area contributed by atoms with Crippen molar-refractivity contribution in [2.45, 2.75) is 31.1 Å². The molecule has 4 aromatic rings. The molecule has 0 aromatic carbocycles. The summed E-state index contributed by atoms with van der Waals surface area (Å²) in [4.78, 5) is 34.3. The minimum absolute atomic E-state index is 0.287. The predicted molar refractivity (Wildman–Crippen MR) is 132 cm³/mol. The Morgan fingerprint density at radius 1 is 1.22 bits per heavy atom. The monoisotopic (exact) mass is 526 g/mol. The average molecular weight is 527 g/mol. The highest BCUT2D eigenvalue weighted by Gasteiger charge is 2.47. The fourth-order valence-corrected chi connectivity index (χ4v) is 4.16. The van der Waals surface area contributed by atoms with Crippen molar-refractivity contribution in [2.24, 2.45) is 0 Å². The normalized spacial score (nSPS) is 21.2. The molecule has 0 spiro atoms. The summed E-state index contributed by atoms with van der Waals surface area (Å²) in [6.45, 7) is 0.287. The number of amides is 1.